The second-order valence-electron chi connectivity index (χ2n) is 4.14. The highest BCUT2D eigenvalue weighted by Crippen LogP contribution is 2.28. The Labute approximate surface area is 120 Å². The third-order valence-electron chi connectivity index (χ3n) is 2.81. The number of nitrogens with zero attached hydrogens (tertiary/aromatic N) is 3. The van der Waals surface area contributed by atoms with Gasteiger partial charge in [0, 0.05) is 24.0 Å². The van der Waals surface area contributed by atoms with Gasteiger partial charge >= 0.3 is 11.7 Å². The van der Waals surface area contributed by atoms with Crippen LogP contribution in [0.4, 0.5) is 10.1 Å². The fourth-order valence-electron chi connectivity index (χ4n) is 1.85. The molecule has 0 spiro atoms. The maximum absolute atomic E-state index is 13.3. The van der Waals surface area contributed by atoms with Crippen molar-refractivity contribution >= 4 is 28.0 Å². The summed E-state index contributed by atoms with van der Waals surface area (Å²) < 4.78 is 14.8. The molecule has 0 aliphatic carbocycles. The van der Waals surface area contributed by atoms with Crippen LogP contribution < -0.4 is 0 Å². The minimum Gasteiger partial charge on any atom is -0.477 e. The van der Waals surface area contributed by atoms with Crippen molar-refractivity contribution in [1.29, 1.82) is 0 Å². The zero-order valence-electron chi connectivity index (χ0n) is 10.2. The fourth-order valence-corrected chi connectivity index (χ4v) is 2.65. The van der Waals surface area contributed by atoms with E-state index in [9.17, 15) is 19.3 Å². The summed E-state index contributed by atoms with van der Waals surface area (Å²) in [5.74, 6) is -1.97. The van der Waals surface area contributed by atoms with Gasteiger partial charge in [-0.15, -0.1) is 0 Å². The number of hydrogen-bond donors (Lipinski definition) is 1. The standard InChI is InChI=1S/C12H6FN3O4S/c13-7-2-1-6(3-9(7)16(19)20)8-4-15-5-10(11(17)18)21-12(15)14-8/h1-5H,(H,17,18). The number of carboxylic acids is 1. The molecule has 0 fully saturated rings. The van der Waals surface area contributed by atoms with Crippen LogP contribution in [0.15, 0.2) is 30.6 Å². The van der Waals surface area contributed by atoms with Gasteiger partial charge in [0.25, 0.3) is 0 Å². The Morgan fingerprint density at radius 2 is 2.19 bits per heavy atom. The number of hydrogen-bond acceptors (Lipinski definition) is 5. The number of imidazole rings is 1. The van der Waals surface area contributed by atoms with Gasteiger partial charge in [0.1, 0.15) is 4.88 Å². The molecule has 21 heavy (non-hydrogen) atoms. The van der Waals surface area contributed by atoms with Crippen molar-refractivity contribution in [3.05, 3.63) is 51.4 Å². The summed E-state index contributed by atoms with van der Waals surface area (Å²) in [4.78, 5) is 25.5. The Kier molecular flexibility index (Phi) is 2.91. The van der Waals surface area contributed by atoms with E-state index in [1.165, 1.54) is 22.9 Å². The summed E-state index contributed by atoms with van der Waals surface area (Å²) in [5.41, 5.74) is 0.159. The average molecular weight is 307 g/mol. The second kappa shape index (κ2) is 4.63. The first-order valence-corrected chi connectivity index (χ1v) is 6.43. The van der Waals surface area contributed by atoms with Crippen molar-refractivity contribution in [1.82, 2.24) is 9.38 Å². The molecule has 0 aliphatic heterocycles. The van der Waals surface area contributed by atoms with Crippen molar-refractivity contribution in [3.8, 4) is 11.3 Å². The van der Waals surface area contributed by atoms with E-state index in [2.05, 4.69) is 4.98 Å². The van der Waals surface area contributed by atoms with E-state index in [0.717, 1.165) is 23.5 Å². The summed E-state index contributed by atoms with van der Waals surface area (Å²) >= 11 is 0.979. The molecular weight excluding hydrogens is 301 g/mol. The number of aromatic nitrogens is 2. The van der Waals surface area contributed by atoms with Crippen molar-refractivity contribution < 1.29 is 19.2 Å². The molecule has 3 aromatic rings. The number of aromatic carboxylic acids is 1. The van der Waals surface area contributed by atoms with Crippen LogP contribution in [0.2, 0.25) is 0 Å². The molecule has 7 nitrogen and oxygen atoms in total. The zero-order valence-corrected chi connectivity index (χ0v) is 11.0. The highest BCUT2D eigenvalue weighted by atomic mass is 32.1. The van der Waals surface area contributed by atoms with Gasteiger partial charge in [-0.1, -0.05) is 11.3 Å². The summed E-state index contributed by atoms with van der Waals surface area (Å²) in [6, 6.07) is 3.48. The SMILES string of the molecule is O=C(O)c1cn2cc(-c3ccc(F)c([N+](=O)[O-])c3)nc2s1. The Balaban J connectivity index is 2.08. The van der Waals surface area contributed by atoms with E-state index < -0.39 is 22.4 Å². The van der Waals surface area contributed by atoms with Gasteiger partial charge in [0.2, 0.25) is 5.82 Å². The fraction of sp³-hybridized carbons (Fsp3) is 0. The molecule has 2 aromatic heterocycles. The van der Waals surface area contributed by atoms with Crippen LogP contribution in [0.3, 0.4) is 0 Å². The third-order valence-corrected chi connectivity index (χ3v) is 3.79. The number of halogens is 1. The van der Waals surface area contributed by atoms with E-state index in [0.29, 0.717) is 16.2 Å². The molecule has 3 rings (SSSR count). The Bertz CT molecular complexity index is 854. The summed E-state index contributed by atoms with van der Waals surface area (Å²) in [5, 5.41) is 19.6. The number of benzene rings is 1. The quantitative estimate of drug-likeness (QED) is 0.592. The number of nitro benzene ring substituents is 1. The van der Waals surface area contributed by atoms with Gasteiger partial charge in [-0.05, 0) is 12.1 Å². The average Bonchev–Trinajstić information content (AvgIpc) is 2.96. The van der Waals surface area contributed by atoms with Crippen LogP contribution in [0.25, 0.3) is 16.2 Å². The summed E-state index contributed by atoms with van der Waals surface area (Å²) in [6.07, 6.45) is 2.94. The number of nitro groups is 1. The van der Waals surface area contributed by atoms with Crippen LogP contribution >= 0.6 is 11.3 Å². The zero-order chi connectivity index (χ0) is 15.1. The molecule has 0 saturated heterocycles. The monoisotopic (exact) mass is 307 g/mol. The topological polar surface area (TPSA) is 97.7 Å². The molecule has 0 atom stereocenters. The maximum atomic E-state index is 13.3. The first-order chi connectivity index (χ1) is 9.95. The Hall–Kier alpha value is -2.81. The summed E-state index contributed by atoms with van der Waals surface area (Å²) in [6.45, 7) is 0. The Morgan fingerprint density at radius 3 is 2.81 bits per heavy atom. The molecular formula is C12H6FN3O4S. The third kappa shape index (κ3) is 2.23. The predicted molar refractivity (Wildman–Crippen MR) is 72.1 cm³/mol. The van der Waals surface area contributed by atoms with E-state index in [1.807, 2.05) is 0 Å². The largest absolute Gasteiger partial charge is 0.477 e. The number of fused-ring (bicyclic) bond motifs is 1. The van der Waals surface area contributed by atoms with E-state index in [-0.39, 0.29) is 4.88 Å². The maximum Gasteiger partial charge on any atom is 0.347 e. The normalized spacial score (nSPS) is 10.9. The first-order valence-electron chi connectivity index (χ1n) is 5.62. The molecule has 0 amide bonds. The number of thiazole rings is 1. The van der Waals surface area contributed by atoms with Crippen LogP contribution in [0, 0.1) is 15.9 Å². The molecule has 2 heterocycles. The number of carbonyl (C=O) groups is 1. The molecule has 0 bridgehead atoms. The summed E-state index contributed by atoms with van der Waals surface area (Å²) in [7, 11) is 0. The first kappa shape index (κ1) is 13.2. The number of carboxylic acid groups (broad SMARTS) is 1. The lowest BCUT2D eigenvalue weighted by Gasteiger charge is -1.98. The molecule has 0 aliphatic rings. The lowest BCUT2D eigenvalue weighted by atomic mass is 10.1. The highest BCUT2D eigenvalue weighted by molar-refractivity contribution is 7.18. The van der Waals surface area contributed by atoms with E-state index in [1.54, 1.807) is 0 Å². The predicted octanol–water partition coefficient (Wildman–Crippen LogP) is 2.81. The molecule has 0 unspecified atom stereocenters. The van der Waals surface area contributed by atoms with Crippen molar-refractivity contribution in [2.24, 2.45) is 0 Å². The van der Waals surface area contributed by atoms with Gasteiger partial charge < -0.3 is 5.11 Å². The van der Waals surface area contributed by atoms with Crippen LogP contribution in [-0.2, 0) is 0 Å². The van der Waals surface area contributed by atoms with Crippen LogP contribution in [0.1, 0.15) is 9.67 Å². The van der Waals surface area contributed by atoms with Crippen LogP contribution in [-0.4, -0.2) is 25.4 Å². The lowest BCUT2D eigenvalue weighted by molar-refractivity contribution is -0.387. The Morgan fingerprint density at radius 1 is 1.43 bits per heavy atom. The van der Waals surface area contributed by atoms with Gasteiger partial charge in [-0.25, -0.2) is 9.78 Å². The minimum absolute atomic E-state index is 0.133. The lowest BCUT2D eigenvalue weighted by Crippen LogP contribution is -1.93. The molecule has 1 N–H and O–H groups in total. The van der Waals surface area contributed by atoms with Crippen molar-refractivity contribution in [2.45, 2.75) is 0 Å². The minimum atomic E-state index is -1.05. The molecule has 106 valence electrons. The van der Waals surface area contributed by atoms with Gasteiger partial charge in [-0.2, -0.15) is 4.39 Å². The molecule has 9 heteroatoms. The molecule has 0 radical (unpaired) electrons. The molecule has 1 aromatic carbocycles. The van der Waals surface area contributed by atoms with E-state index in [4.69, 9.17) is 5.11 Å². The van der Waals surface area contributed by atoms with Gasteiger partial charge in [0.05, 0.1) is 10.6 Å². The highest BCUT2D eigenvalue weighted by Gasteiger charge is 2.17. The number of rotatable bonds is 3. The molecule has 0 saturated carbocycles. The van der Waals surface area contributed by atoms with E-state index >= 15 is 0 Å². The smallest absolute Gasteiger partial charge is 0.347 e. The van der Waals surface area contributed by atoms with Gasteiger partial charge in [0.15, 0.2) is 4.96 Å². The van der Waals surface area contributed by atoms with Crippen molar-refractivity contribution in [2.75, 3.05) is 0 Å². The van der Waals surface area contributed by atoms with Crippen LogP contribution in [0.5, 0.6) is 0 Å². The van der Waals surface area contributed by atoms with Gasteiger partial charge in [-0.3, -0.25) is 14.5 Å². The second-order valence-corrected chi connectivity index (χ2v) is 5.15. The van der Waals surface area contributed by atoms with Crippen molar-refractivity contribution in [3.63, 3.8) is 0 Å².